The van der Waals surface area contributed by atoms with Gasteiger partial charge in [0, 0.05) is 0 Å². The Labute approximate surface area is 78.6 Å². The van der Waals surface area contributed by atoms with E-state index in [4.69, 9.17) is 18.6 Å². The van der Waals surface area contributed by atoms with Crippen molar-refractivity contribution in [3.8, 4) is 5.92 Å². The van der Waals surface area contributed by atoms with Crippen molar-refractivity contribution >= 4 is 17.1 Å². The topological polar surface area (TPSA) is 0 Å². The summed E-state index contributed by atoms with van der Waals surface area (Å²) in [5, 5.41) is 0. The van der Waals surface area contributed by atoms with E-state index in [0.717, 1.165) is 16.9 Å². The van der Waals surface area contributed by atoms with Crippen LogP contribution in [0, 0.1) is 12.3 Å². The molecule has 0 bridgehead atoms. The quantitative estimate of drug-likeness (QED) is 0.177. The number of allylic oxidation sites excluding steroid dienone is 4. The molecule has 0 nitrogen and oxygen atoms in total. The standard InChI is InChI=1S/C8H5S.Li/c1-2-7-5-3-4-6-8(7)9;/h3-5H,6H2;/q-1;+1. The van der Waals surface area contributed by atoms with Crippen molar-refractivity contribution < 1.29 is 18.9 Å². The average molecular weight is 140 g/mol. The Balaban J connectivity index is 0.000000810. The Kier molecular flexibility index (Phi) is 4.41. The van der Waals surface area contributed by atoms with Gasteiger partial charge in [0.1, 0.15) is 0 Å². The van der Waals surface area contributed by atoms with Gasteiger partial charge in [-0.15, -0.1) is 23.9 Å². The van der Waals surface area contributed by atoms with Crippen LogP contribution in [-0.2, 0) is 0 Å². The summed E-state index contributed by atoms with van der Waals surface area (Å²) in [5.74, 6) is 2.27. The fourth-order valence-electron chi connectivity index (χ4n) is 0.654. The molecule has 1 aliphatic rings. The molecular formula is C8H5LiS. The van der Waals surface area contributed by atoms with E-state index >= 15 is 0 Å². The molecule has 0 N–H and O–H groups in total. The Morgan fingerprint density at radius 2 is 2.30 bits per heavy atom. The molecule has 0 fully saturated rings. The van der Waals surface area contributed by atoms with Crippen LogP contribution in [0.5, 0.6) is 0 Å². The summed E-state index contributed by atoms with van der Waals surface area (Å²) in [7, 11) is 0. The molecule has 2 heteroatoms. The summed E-state index contributed by atoms with van der Waals surface area (Å²) < 4.78 is 0. The monoisotopic (exact) mass is 140 g/mol. The van der Waals surface area contributed by atoms with E-state index in [-0.39, 0.29) is 18.9 Å². The summed E-state index contributed by atoms with van der Waals surface area (Å²) in [6, 6.07) is 0. The molecule has 1 aliphatic carbocycles. The van der Waals surface area contributed by atoms with E-state index in [1.165, 1.54) is 0 Å². The molecule has 44 valence electrons. The fourth-order valence-corrected chi connectivity index (χ4v) is 0.869. The molecule has 0 atom stereocenters. The van der Waals surface area contributed by atoms with Gasteiger partial charge in [-0.2, -0.15) is 0 Å². The van der Waals surface area contributed by atoms with Crippen molar-refractivity contribution in [2.75, 3.05) is 0 Å². The van der Waals surface area contributed by atoms with Gasteiger partial charge in [0.25, 0.3) is 0 Å². The minimum Gasteiger partial charge on any atom is -0.366 e. The zero-order valence-corrected chi connectivity index (χ0v) is 6.66. The van der Waals surface area contributed by atoms with Gasteiger partial charge in [-0.1, -0.05) is 12.2 Å². The van der Waals surface area contributed by atoms with Gasteiger partial charge in [-0.3, -0.25) is 5.92 Å². The van der Waals surface area contributed by atoms with Crippen LogP contribution in [0.3, 0.4) is 0 Å². The third kappa shape index (κ3) is 2.16. The van der Waals surface area contributed by atoms with Crippen LogP contribution in [0.4, 0.5) is 0 Å². The Morgan fingerprint density at radius 1 is 1.60 bits per heavy atom. The van der Waals surface area contributed by atoms with Crippen molar-refractivity contribution in [3.63, 3.8) is 0 Å². The number of rotatable bonds is 0. The molecule has 0 aromatic rings. The SMILES string of the molecule is [C-]#CC1=CC=CCC1=S.[Li+]. The first-order valence-corrected chi connectivity index (χ1v) is 3.08. The van der Waals surface area contributed by atoms with E-state index in [1.807, 2.05) is 12.2 Å². The van der Waals surface area contributed by atoms with E-state index in [1.54, 1.807) is 6.08 Å². The first-order chi connectivity index (χ1) is 4.34. The van der Waals surface area contributed by atoms with Crippen LogP contribution < -0.4 is 18.9 Å². The smallest absolute Gasteiger partial charge is 0.366 e. The zero-order valence-electron chi connectivity index (χ0n) is 5.85. The van der Waals surface area contributed by atoms with Crippen molar-refractivity contribution in [3.05, 3.63) is 30.2 Å². The molecule has 0 saturated carbocycles. The normalized spacial score (nSPS) is 15.1. The van der Waals surface area contributed by atoms with E-state index in [0.29, 0.717) is 0 Å². The molecule has 0 spiro atoms. The predicted octanol–water partition coefficient (Wildman–Crippen LogP) is -1.16. The van der Waals surface area contributed by atoms with Gasteiger partial charge < -0.3 is 6.42 Å². The second-order valence-corrected chi connectivity index (χ2v) is 2.25. The number of hydrogen-bond acceptors (Lipinski definition) is 1. The third-order valence-corrected chi connectivity index (χ3v) is 1.52. The largest absolute Gasteiger partial charge is 1.00 e. The summed E-state index contributed by atoms with van der Waals surface area (Å²) in [4.78, 5) is 0.813. The van der Waals surface area contributed by atoms with Crippen LogP contribution >= 0.6 is 12.2 Å². The first kappa shape index (κ1) is 9.73. The number of hydrogen-bond donors (Lipinski definition) is 0. The first-order valence-electron chi connectivity index (χ1n) is 2.67. The maximum atomic E-state index is 6.79. The second-order valence-electron chi connectivity index (χ2n) is 1.76. The van der Waals surface area contributed by atoms with Crippen molar-refractivity contribution in [1.29, 1.82) is 0 Å². The summed E-state index contributed by atoms with van der Waals surface area (Å²) in [6.07, 6.45) is 13.2. The molecular weight excluding hydrogens is 135 g/mol. The van der Waals surface area contributed by atoms with Crippen molar-refractivity contribution in [2.24, 2.45) is 0 Å². The summed E-state index contributed by atoms with van der Waals surface area (Å²) in [5.41, 5.74) is 0.743. The third-order valence-electron chi connectivity index (χ3n) is 1.14. The molecule has 0 aliphatic heterocycles. The van der Waals surface area contributed by atoms with Crippen LogP contribution in [0.1, 0.15) is 6.42 Å². The predicted molar refractivity (Wildman–Crippen MR) is 41.6 cm³/mol. The molecule has 0 saturated heterocycles. The van der Waals surface area contributed by atoms with Crippen LogP contribution in [0.2, 0.25) is 0 Å². The summed E-state index contributed by atoms with van der Waals surface area (Å²) >= 11 is 4.92. The van der Waals surface area contributed by atoms with Crippen molar-refractivity contribution in [2.45, 2.75) is 6.42 Å². The molecule has 0 aromatic carbocycles. The van der Waals surface area contributed by atoms with Crippen LogP contribution in [0.25, 0.3) is 0 Å². The second kappa shape index (κ2) is 4.53. The van der Waals surface area contributed by atoms with Gasteiger partial charge in [-0.05, 0) is 11.3 Å². The molecule has 0 radical (unpaired) electrons. The van der Waals surface area contributed by atoms with Gasteiger partial charge in [0.2, 0.25) is 0 Å². The molecule has 1 rings (SSSR count). The van der Waals surface area contributed by atoms with Crippen molar-refractivity contribution in [1.82, 2.24) is 0 Å². The fraction of sp³-hybridized carbons (Fsp3) is 0.125. The van der Waals surface area contributed by atoms with E-state index < -0.39 is 0 Å². The maximum Gasteiger partial charge on any atom is 1.00 e. The van der Waals surface area contributed by atoms with E-state index in [9.17, 15) is 0 Å². The zero-order chi connectivity index (χ0) is 6.69. The number of thiocarbonyl (C=S) groups is 1. The Hall–Kier alpha value is -0.273. The average Bonchev–Trinajstić information content (AvgIpc) is 1.89. The Morgan fingerprint density at radius 3 is 2.70 bits per heavy atom. The van der Waals surface area contributed by atoms with Gasteiger partial charge in [0.05, 0.1) is 0 Å². The maximum absolute atomic E-state index is 6.79. The Bertz CT molecular complexity index is 230. The minimum absolute atomic E-state index is 0. The van der Waals surface area contributed by atoms with Gasteiger partial charge >= 0.3 is 18.9 Å². The van der Waals surface area contributed by atoms with Gasteiger partial charge in [0.15, 0.2) is 0 Å². The van der Waals surface area contributed by atoms with E-state index in [2.05, 4.69) is 5.92 Å². The summed E-state index contributed by atoms with van der Waals surface area (Å²) in [6.45, 7) is 0. The molecule has 0 heterocycles. The molecule has 0 amide bonds. The molecule has 0 aromatic heterocycles. The van der Waals surface area contributed by atoms with Crippen LogP contribution in [-0.4, -0.2) is 4.86 Å². The van der Waals surface area contributed by atoms with Gasteiger partial charge in [-0.25, -0.2) is 0 Å². The minimum atomic E-state index is 0. The molecule has 10 heavy (non-hydrogen) atoms. The van der Waals surface area contributed by atoms with Crippen LogP contribution in [0.15, 0.2) is 23.8 Å². The molecule has 0 unspecified atom stereocenters.